The molecular formula is C26H29NO3S. The Balaban J connectivity index is 1.37. The SMILES string of the molecule is O=C(O)c1cccc(-c2ccc(COC(CCC3CCCCC3)c3cncs3)cc2)c1. The number of hydrogen-bond donors (Lipinski definition) is 1. The molecule has 1 unspecified atom stereocenters. The molecule has 1 saturated carbocycles. The van der Waals surface area contributed by atoms with E-state index in [1.165, 1.54) is 43.4 Å². The number of ether oxygens (including phenoxy) is 1. The van der Waals surface area contributed by atoms with Crippen LogP contribution in [0.2, 0.25) is 0 Å². The molecule has 5 heteroatoms. The van der Waals surface area contributed by atoms with Gasteiger partial charge >= 0.3 is 5.97 Å². The van der Waals surface area contributed by atoms with Crippen LogP contribution in [0.15, 0.2) is 60.2 Å². The second-order valence-corrected chi connectivity index (χ2v) is 9.29. The Bertz CT molecular complexity index is 963. The molecule has 2 aromatic carbocycles. The van der Waals surface area contributed by atoms with Gasteiger partial charge in [0.15, 0.2) is 0 Å². The van der Waals surface area contributed by atoms with Crippen LogP contribution in [0.3, 0.4) is 0 Å². The predicted octanol–water partition coefficient (Wildman–Crippen LogP) is 7.13. The van der Waals surface area contributed by atoms with Crippen LogP contribution in [0.1, 0.15) is 71.8 Å². The summed E-state index contributed by atoms with van der Waals surface area (Å²) >= 11 is 1.67. The second-order valence-electron chi connectivity index (χ2n) is 8.37. The zero-order chi connectivity index (χ0) is 21.5. The molecule has 4 rings (SSSR count). The zero-order valence-electron chi connectivity index (χ0n) is 17.7. The number of aromatic nitrogens is 1. The van der Waals surface area contributed by atoms with Crippen LogP contribution >= 0.6 is 11.3 Å². The van der Waals surface area contributed by atoms with Gasteiger partial charge in [-0.3, -0.25) is 4.98 Å². The molecule has 0 amide bonds. The topological polar surface area (TPSA) is 59.4 Å². The van der Waals surface area contributed by atoms with Crippen LogP contribution in [-0.2, 0) is 11.3 Å². The minimum absolute atomic E-state index is 0.0985. The number of carboxylic acid groups (broad SMARTS) is 1. The Kier molecular flexibility index (Phi) is 7.49. The number of carbonyl (C=O) groups is 1. The number of rotatable bonds is 9. The van der Waals surface area contributed by atoms with Gasteiger partial charge in [0.1, 0.15) is 0 Å². The van der Waals surface area contributed by atoms with Crippen LogP contribution in [0, 0.1) is 5.92 Å². The molecule has 1 fully saturated rings. The first kappa shape index (κ1) is 21.7. The standard InChI is InChI=1S/C26H29NO3S/c28-26(29)23-8-4-7-22(15-23)21-12-9-20(10-13-21)17-30-24(25-16-27-18-31-25)14-11-19-5-2-1-3-6-19/h4,7-10,12-13,15-16,18-19,24H,1-3,5-6,11,14,17H2,(H,28,29). The highest BCUT2D eigenvalue weighted by molar-refractivity contribution is 7.09. The summed E-state index contributed by atoms with van der Waals surface area (Å²) in [5.74, 6) is -0.0668. The molecule has 0 radical (unpaired) electrons. The zero-order valence-corrected chi connectivity index (χ0v) is 18.5. The molecule has 1 N–H and O–H groups in total. The lowest BCUT2D eigenvalue weighted by Crippen LogP contribution is -2.10. The maximum absolute atomic E-state index is 11.2. The number of benzene rings is 2. The molecular weight excluding hydrogens is 406 g/mol. The van der Waals surface area contributed by atoms with E-state index in [0.29, 0.717) is 12.2 Å². The molecule has 3 aromatic rings. The minimum atomic E-state index is -0.908. The maximum atomic E-state index is 11.2. The van der Waals surface area contributed by atoms with E-state index in [2.05, 4.69) is 17.1 Å². The number of carboxylic acids is 1. The Hall–Kier alpha value is -2.50. The molecule has 4 nitrogen and oxygen atoms in total. The normalized spacial score (nSPS) is 15.6. The molecule has 0 spiro atoms. The van der Waals surface area contributed by atoms with Crippen molar-refractivity contribution in [3.63, 3.8) is 0 Å². The molecule has 0 bridgehead atoms. The van der Waals surface area contributed by atoms with Crippen molar-refractivity contribution in [3.05, 3.63) is 76.2 Å². The van der Waals surface area contributed by atoms with E-state index >= 15 is 0 Å². The highest BCUT2D eigenvalue weighted by atomic mass is 32.1. The summed E-state index contributed by atoms with van der Waals surface area (Å²) in [5, 5.41) is 9.21. The monoisotopic (exact) mass is 435 g/mol. The van der Waals surface area contributed by atoms with Gasteiger partial charge < -0.3 is 9.84 Å². The van der Waals surface area contributed by atoms with Crippen molar-refractivity contribution < 1.29 is 14.6 Å². The fourth-order valence-corrected chi connectivity index (χ4v) is 5.08. The summed E-state index contributed by atoms with van der Waals surface area (Å²) < 4.78 is 6.35. The van der Waals surface area contributed by atoms with E-state index < -0.39 is 5.97 Å². The van der Waals surface area contributed by atoms with Gasteiger partial charge in [0.05, 0.1) is 28.7 Å². The summed E-state index contributed by atoms with van der Waals surface area (Å²) in [5.41, 5.74) is 5.21. The van der Waals surface area contributed by atoms with Gasteiger partial charge in [0.2, 0.25) is 0 Å². The van der Waals surface area contributed by atoms with E-state index in [9.17, 15) is 9.90 Å². The molecule has 1 aromatic heterocycles. The van der Waals surface area contributed by atoms with Crippen molar-refractivity contribution in [2.24, 2.45) is 5.92 Å². The third-order valence-electron chi connectivity index (χ3n) is 6.18. The van der Waals surface area contributed by atoms with Crippen molar-refractivity contribution in [1.29, 1.82) is 0 Å². The van der Waals surface area contributed by atoms with Crippen molar-refractivity contribution in [2.75, 3.05) is 0 Å². The Morgan fingerprint density at radius 1 is 1.10 bits per heavy atom. The minimum Gasteiger partial charge on any atom is -0.478 e. The Morgan fingerprint density at radius 3 is 2.61 bits per heavy atom. The van der Waals surface area contributed by atoms with Gasteiger partial charge in [-0.25, -0.2) is 4.79 Å². The third-order valence-corrected chi connectivity index (χ3v) is 7.05. The summed E-state index contributed by atoms with van der Waals surface area (Å²) in [6.07, 6.45) is 11.2. The quantitative estimate of drug-likeness (QED) is 0.388. The van der Waals surface area contributed by atoms with E-state index in [-0.39, 0.29) is 6.10 Å². The fourth-order valence-electron chi connectivity index (χ4n) is 4.38. The number of nitrogens with zero attached hydrogens (tertiary/aromatic N) is 1. The molecule has 0 saturated heterocycles. The van der Waals surface area contributed by atoms with Gasteiger partial charge in [0, 0.05) is 6.20 Å². The molecule has 1 aliphatic rings. The first-order chi connectivity index (χ1) is 15.2. The molecule has 1 atom stereocenters. The van der Waals surface area contributed by atoms with Crippen molar-refractivity contribution in [3.8, 4) is 11.1 Å². The summed E-state index contributed by atoms with van der Waals surface area (Å²) in [7, 11) is 0. The highest BCUT2D eigenvalue weighted by Crippen LogP contribution is 2.33. The van der Waals surface area contributed by atoms with Crippen LogP contribution in [0.25, 0.3) is 11.1 Å². The van der Waals surface area contributed by atoms with Crippen LogP contribution in [-0.4, -0.2) is 16.1 Å². The smallest absolute Gasteiger partial charge is 0.335 e. The van der Waals surface area contributed by atoms with Gasteiger partial charge in [-0.15, -0.1) is 11.3 Å². The number of thiazole rings is 1. The summed E-state index contributed by atoms with van der Waals surface area (Å²) in [6.45, 7) is 0.558. The summed E-state index contributed by atoms with van der Waals surface area (Å²) in [6, 6.07) is 15.2. The highest BCUT2D eigenvalue weighted by Gasteiger charge is 2.19. The summed E-state index contributed by atoms with van der Waals surface area (Å²) in [4.78, 5) is 16.7. The number of hydrogen-bond acceptors (Lipinski definition) is 4. The van der Waals surface area contributed by atoms with E-state index in [0.717, 1.165) is 29.0 Å². The van der Waals surface area contributed by atoms with Crippen molar-refractivity contribution >= 4 is 17.3 Å². The largest absolute Gasteiger partial charge is 0.478 e. The van der Waals surface area contributed by atoms with Crippen LogP contribution in [0.4, 0.5) is 0 Å². The predicted molar refractivity (Wildman–Crippen MR) is 124 cm³/mol. The fraction of sp³-hybridized carbons (Fsp3) is 0.385. The lowest BCUT2D eigenvalue weighted by Gasteiger charge is -2.24. The van der Waals surface area contributed by atoms with Gasteiger partial charge in [-0.2, -0.15) is 0 Å². The van der Waals surface area contributed by atoms with Crippen molar-refractivity contribution in [2.45, 2.75) is 57.7 Å². The molecule has 0 aliphatic heterocycles. The second kappa shape index (κ2) is 10.7. The Morgan fingerprint density at radius 2 is 1.90 bits per heavy atom. The average molecular weight is 436 g/mol. The number of aromatic carboxylic acids is 1. The van der Waals surface area contributed by atoms with Crippen LogP contribution in [0.5, 0.6) is 0 Å². The average Bonchev–Trinajstić information content (AvgIpc) is 3.35. The lowest BCUT2D eigenvalue weighted by molar-refractivity contribution is 0.0306. The molecule has 31 heavy (non-hydrogen) atoms. The third kappa shape index (κ3) is 6.02. The molecule has 1 aliphatic carbocycles. The van der Waals surface area contributed by atoms with E-state index in [1.807, 2.05) is 29.9 Å². The maximum Gasteiger partial charge on any atom is 0.335 e. The van der Waals surface area contributed by atoms with Crippen LogP contribution < -0.4 is 0 Å². The van der Waals surface area contributed by atoms with E-state index in [4.69, 9.17) is 4.74 Å². The van der Waals surface area contributed by atoms with Crippen molar-refractivity contribution in [1.82, 2.24) is 4.98 Å². The van der Waals surface area contributed by atoms with E-state index in [1.54, 1.807) is 29.5 Å². The first-order valence-electron chi connectivity index (χ1n) is 11.1. The van der Waals surface area contributed by atoms with Gasteiger partial charge in [-0.1, -0.05) is 68.5 Å². The Labute approximate surface area is 187 Å². The lowest BCUT2D eigenvalue weighted by atomic mass is 9.85. The molecule has 162 valence electrons. The first-order valence-corrected chi connectivity index (χ1v) is 12.0. The van der Waals surface area contributed by atoms with Gasteiger partial charge in [0.25, 0.3) is 0 Å². The molecule has 1 heterocycles. The van der Waals surface area contributed by atoms with Gasteiger partial charge in [-0.05, 0) is 47.6 Å².